The van der Waals surface area contributed by atoms with Crippen LogP contribution in [0.5, 0.6) is 0 Å². The van der Waals surface area contributed by atoms with E-state index in [1.807, 2.05) is 24.1 Å². The van der Waals surface area contributed by atoms with Gasteiger partial charge in [0, 0.05) is 18.7 Å². The minimum Gasteiger partial charge on any atom is -0.339 e. The summed E-state index contributed by atoms with van der Waals surface area (Å²) < 4.78 is 0. The molecule has 0 unspecified atom stereocenters. The Balaban J connectivity index is 0.00000147. The molecule has 1 aromatic rings. The monoisotopic (exact) mass is 294 g/mol. The third-order valence-electron chi connectivity index (χ3n) is 4.55. The summed E-state index contributed by atoms with van der Waals surface area (Å²) in [7, 11) is 1.96. The number of carbonyl (C=O) groups is 1. The zero-order valence-corrected chi connectivity index (χ0v) is 12.8. The molecular weight excluding hydrogens is 272 g/mol. The lowest BCUT2D eigenvalue weighted by molar-refractivity contribution is 0.0702. The van der Waals surface area contributed by atoms with Crippen LogP contribution in [0.4, 0.5) is 0 Å². The molecule has 1 aliphatic heterocycles. The number of halogens is 1. The first kappa shape index (κ1) is 15.3. The first-order valence-electron chi connectivity index (χ1n) is 7.36. The van der Waals surface area contributed by atoms with Crippen LogP contribution in [0, 0.1) is 0 Å². The normalized spacial score (nSPS) is 18.2. The third-order valence-corrected chi connectivity index (χ3v) is 4.55. The summed E-state index contributed by atoms with van der Waals surface area (Å²) in [6, 6.07) is 6.60. The summed E-state index contributed by atoms with van der Waals surface area (Å²) >= 11 is 0. The second kappa shape index (κ2) is 6.59. The van der Waals surface area contributed by atoms with Gasteiger partial charge in [0.15, 0.2) is 0 Å². The van der Waals surface area contributed by atoms with Crippen LogP contribution < -0.4 is 5.32 Å². The zero-order valence-electron chi connectivity index (χ0n) is 12.0. The van der Waals surface area contributed by atoms with Crippen LogP contribution in [0.25, 0.3) is 0 Å². The van der Waals surface area contributed by atoms with Crippen molar-refractivity contribution in [3.05, 3.63) is 34.9 Å². The van der Waals surface area contributed by atoms with E-state index in [1.54, 1.807) is 0 Å². The summed E-state index contributed by atoms with van der Waals surface area (Å²) in [6.07, 6.45) is 5.52. The van der Waals surface area contributed by atoms with Crippen molar-refractivity contribution in [2.45, 2.75) is 38.1 Å². The molecule has 1 saturated heterocycles. The number of nitrogens with zero attached hydrogens (tertiary/aromatic N) is 1. The third kappa shape index (κ3) is 2.84. The van der Waals surface area contributed by atoms with Gasteiger partial charge in [0.05, 0.1) is 0 Å². The van der Waals surface area contributed by atoms with Crippen LogP contribution in [0.3, 0.4) is 0 Å². The topological polar surface area (TPSA) is 32.3 Å². The van der Waals surface area contributed by atoms with Crippen molar-refractivity contribution in [1.29, 1.82) is 0 Å². The van der Waals surface area contributed by atoms with E-state index < -0.39 is 0 Å². The smallest absolute Gasteiger partial charge is 0.254 e. The average molecular weight is 295 g/mol. The Labute approximate surface area is 127 Å². The molecular formula is C16H23ClN2O. The standard InChI is InChI=1S/C16H22N2O.ClH/c1-18(13-8-10-17-11-9-13)16(19)15-7-3-5-12-4-2-6-14(12)15;/h3,5,7,13,17H,2,4,6,8-11H2,1H3;1H. The van der Waals surface area contributed by atoms with E-state index in [9.17, 15) is 4.79 Å². The molecule has 3 nitrogen and oxygen atoms in total. The Hall–Kier alpha value is -1.06. The predicted molar refractivity (Wildman–Crippen MR) is 83.7 cm³/mol. The maximum absolute atomic E-state index is 12.7. The van der Waals surface area contributed by atoms with E-state index in [1.165, 1.54) is 17.5 Å². The molecule has 0 atom stereocenters. The highest BCUT2D eigenvalue weighted by atomic mass is 35.5. The van der Waals surface area contributed by atoms with Gasteiger partial charge in [0.1, 0.15) is 0 Å². The van der Waals surface area contributed by atoms with Gasteiger partial charge < -0.3 is 10.2 Å². The van der Waals surface area contributed by atoms with Gasteiger partial charge in [0.25, 0.3) is 5.91 Å². The molecule has 1 N–H and O–H groups in total. The van der Waals surface area contributed by atoms with E-state index >= 15 is 0 Å². The maximum Gasteiger partial charge on any atom is 0.254 e. The van der Waals surface area contributed by atoms with Crippen molar-refractivity contribution in [3.63, 3.8) is 0 Å². The fraction of sp³-hybridized carbons (Fsp3) is 0.562. The van der Waals surface area contributed by atoms with Crippen LogP contribution in [-0.2, 0) is 12.8 Å². The number of piperidine rings is 1. The van der Waals surface area contributed by atoms with E-state index in [-0.39, 0.29) is 18.3 Å². The van der Waals surface area contributed by atoms with Crippen molar-refractivity contribution in [3.8, 4) is 0 Å². The van der Waals surface area contributed by atoms with Gasteiger partial charge in [0.2, 0.25) is 0 Å². The number of nitrogens with one attached hydrogen (secondary N) is 1. The number of rotatable bonds is 2. The fourth-order valence-electron chi connectivity index (χ4n) is 3.37. The summed E-state index contributed by atoms with van der Waals surface area (Å²) in [6.45, 7) is 2.05. The summed E-state index contributed by atoms with van der Waals surface area (Å²) in [5, 5.41) is 3.35. The Morgan fingerprint density at radius 1 is 1.25 bits per heavy atom. The van der Waals surface area contributed by atoms with Crippen LogP contribution in [0.2, 0.25) is 0 Å². The number of fused-ring (bicyclic) bond motifs is 1. The van der Waals surface area contributed by atoms with E-state index in [0.717, 1.165) is 44.3 Å². The molecule has 0 aromatic heterocycles. The molecule has 0 bridgehead atoms. The average Bonchev–Trinajstić information content (AvgIpc) is 2.95. The molecule has 1 aromatic carbocycles. The van der Waals surface area contributed by atoms with E-state index in [2.05, 4.69) is 11.4 Å². The fourth-order valence-corrected chi connectivity index (χ4v) is 3.37. The van der Waals surface area contributed by atoms with Gasteiger partial charge in [-0.3, -0.25) is 4.79 Å². The van der Waals surface area contributed by atoms with Crippen LogP contribution in [0.15, 0.2) is 18.2 Å². The van der Waals surface area contributed by atoms with Crippen molar-refractivity contribution < 1.29 is 4.79 Å². The van der Waals surface area contributed by atoms with Crippen LogP contribution in [0.1, 0.15) is 40.7 Å². The van der Waals surface area contributed by atoms with Crippen LogP contribution in [-0.4, -0.2) is 37.0 Å². The molecule has 1 fully saturated rings. The SMILES string of the molecule is CN(C(=O)c1cccc2c1CCC2)C1CCNCC1.Cl. The van der Waals surface area contributed by atoms with Crippen molar-refractivity contribution in [2.24, 2.45) is 0 Å². The highest BCUT2D eigenvalue weighted by Crippen LogP contribution is 2.26. The number of aryl methyl sites for hydroxylation is 1. The molecule has 110 valence electrons. The number of amides is 1. The molecule has 1 aliphatic carbocycles. The molecule has 0 saturated carbocycles. The van der Waals surface area contributed by atoms with E-state index in [0.29, 0.717) is 6.04 Å². The Morgan fingerprint density at radius 3 is 2.75 bits per heavy atom. The first-order chi connectivity index (χ1) is 9.27. The van der Waals surface area contributed by atoms with Crippen molar-refractivity contribution in [1.82, 2.24) is 10.2 Å². The molecule has 3 rings (SSSR count). The number of hydrogen-bond acceptors (Lipinski definition) is 2. The minimum absolute atomic E-state index is 0. The molecule has 0 spiro atoms. The number of carbonyl (C=O) groups excluding carboxylic acids is 1. The zero-order chi connectivity index (χ0) is 13.2. The van der Waals surface area contributed by atoms with Gasteiger partial charge >= 0.3 is 0 Å². The quantitative estimate of drug-likeness (QED) is 0.908. The second-order valence-corrected chi connectivity index (χ2v) is 5.69. The summed E-state index contributed by atoms with van der Waals surface area (Å²) in [5.41, 5.74) is 3.62. The van der Waals surface area contributed by atoms with Gasteiger partial charge in [-0.05, 0) is 62.4 Å². The van der Waals surface area contributed by atoms with Gasteiger partial charge in [-0.15, -0.1) is 12.4 Å². The number of hydrogen-bond donors (Lipinski definition) is 1. The maximum atomic E-state index is 12.7. The van der Waals surface area contributed by atoms with Gasteiger partial charge in [-0.1, -0.05) is 12.1 Å². The van der Waals surface area contributed by atoms with Crippen molar-refractivity contribution in [2.75, 3.05) is 20.1 Å². The lowest BCUT2D eigenvalue weighted by Crippen LogP contribution is -2.44. The lowest BCUT2D eigenvalue weighted by Gasteiger charge is -2.32. The van der Waals surface area contributed by atoms with Gasteiger partial charge in [-0.25, -0.2) is 0 Å². The molecule has 4 heteroatoms. The van der Waals surface area contributed by atoms with Crippen molar-refractivity contribution >= 4 is 18.3 Å². The Bertz CT molecular complexity index is 483. The lowest BCUT2D eigenvalue weighted by atomic mass is 10.00. The molecule has 2 aliphatic rings. The molecule has 1 heterocycles. The largest absolute Gasteiger partial charge is 0.339 e. The second-order valence-electron chi connectivity index (χ2n) is 5.69. The Kier molecular flexibility index (Phi) is 5.06. The summed E-state index contributed by atoms with van der Waals surface area (Å²) in [4.78, 5) is 14.7. The molecule has 20 heavy (non-hydrogen) atoms. The van der Waals surface area contributed by atoms with Gasteiger partial charge in [-0.2, -0.15) is 0 Å². The Morgan fingerprint density at radius 2 is 2.00 bits per heavy atom. The first-order valence-corrected chi connectivity index (χ1v) is 7.36. The molecule has 0 radical (unpaired) electrons. The highest BCUT2D eigenvalue weighted by molar-refractivity contribution is 5.96. The minimum atomic E-state index is 0. The molecule has 1 amide bonds. The highest BCUT2D eigenvalue weighted by Gasteiger charge is 2.26. The number of benzene rings is 1. The summed E-state index contributed by atoms with van der Waals surface area (Å²) in [5.74, 6) is 0.214. The predicted octanol–water partition coefficient (Wildman–Crippen LogP) is 2.42. The van der Waals surface area contributed by atoms with Crippen LogP contribution >= 0.6 is 12.4 Å². The van der Waals surface area contributed by atoms with E-state index in [4.69, 9.17) is 0 Å².